The van der Waals surface area contributed by atoms with Crippen LogP contribution in [0.1, 0.15) is 13.3 Å². The molecule has 0 saturated carbocycles. The molecule has 0 fully saturated rings. The lowest BCUT2D eigenvalue weighted by Gasteiger charge is -2.18. The second-order valence-electron chi connectivity index (χ2n) is 3.49. The molecule has 0 aromatic carbocycles. The largest absolute Gasteiger partial charge is 0.290 e. The van der Waals surface area contributed by atoms with Gasteiger partial charge in [-0.3, -0.25) is 9.59 Å². The van der Waals surface area contributed by atoms with Gasteiger partial charge in [0.05, 0.1) is 0 Å². The van der Waals surface area contributed by atoms with Gasteiger partial charge in [0.1, 0.15) is 0 Å². The summed E-state index contributed by atoms with van der Waals surface area (Å²) in [4.78, 5) is 22.7. The molecule has 0 amide bonds. The van der Waals surface area contributed by atoms with Gasteiger partial charge in [-0.25, -0.2) is 0 Å². The van der Waals surface area contributed by atoms with Gasteiger partial charge in [-0.15, -0.1) is 0 Å². The summed E-state index contributed by atoms with van der Waals surface area (Å²) >= 11 is 0. The summed E-state index contributed by atoms with van der Waals surface area (Å²) in [5.41, 5.74) is 1.27. The van der Waals surface area contributed by atoms with Crippen molar-refractivity contribution in [2.24, 2.45) is 5.92 Å². The fourth-order valence-corrected chi connectivity index (χ4v) is 1.67. The van der Waals surface area contributed by atoms with Gasteiger partial charge in [0, 0.05) is 11.1 Å². The zero-order chi connectivity index (χ0) is 9.42. The fourth-order valence-electron chi connectivity index (χ4n) is 1.67. The van der Waals surface area contributed by atoms with E-state index in [-0.39, 0.29) is 11.6 Å². The van der Waals surface area contributed by atoms with Gasteiger partial charge in [0.15, 0.2) is 11.6 Å². The smallest absolute Gasteiger partial charge is 0.186 e. The Morgan fingerprint density at radius 1 is 1.15 bits per heavy atom. The Morgan fingerprint density at radius 3 is 2.62 bits per heavy atom. The molecule has 0 saturated heterocycles. The van der Waals surface area contributed by atoms with Gasteiger partial charge in [0.2, 0.25) is 0 Å². The first-order chi connectivity index (χ1) is 6.18. The predicted molar refractivity (Wildman–Crippen MR) is 49.1 cm³/mol. The maximum absolute atomic E-state index is 11.4. The molecule has 0 bridgehead atoms. The van der Waals surface area contributed by atoms with Crippen LogP contribution >= 0.6 is 0 Å². The number of hydrogen-bond donors (Lipinski definition) is 0. The summed E-state index contributed by atoms with van der Waals surface area (Å²) < 4.78 is 0. The number of carbonyl (C=O) groups excluding carboxylic acids is 2. The van der Waals surface area contributed by atoms with E-state index in [4.69, 9.17) is 0 Å². The number of hydrogen-bond acceptors (Lipinski definition) is 2. The topological polar surface area (TPSA) is 34.1 Å². The lowest BCUT2D eigenvalue weighted by atomic mass is 9.84. The van der Waals surface area contributed by atoms with Crippen molar-refractivity contribution in [3.8, 4) is 0 Å². The zero-order valence-corrected chi connectivity index (χ0v) is 7.41. The minimum absolute atomic E-state index is 0.00852. The summed E-state index contributed by atoms with van der Waals surface area (Å²) in [6.45, 7) is 2.04. The minimum atomic E-state index is -0.0437. The lowest BCUT2D eigenvalue weighted by Crippen LogP contribution is -2.17. The van der Waals surface area contributed by atoms with Crippen molar-refractivity contribution in [1.29, 1.82) is 0 Å². The van der Waals surface area contributed by atoms with E-state index in [0.29, 0.717) is 23.5 Å². The van der Waals surface area contributed by atoms with Crippen LogP contribution in [-0.2, 0) is 9.59 Å². The van der Waals surface area contributed by atoms with Crippen molar-refractivity contribution in [3.63, 3.8) is 0 Å². The van der Waals surface area contributed by atoms with E-state index < -0.39 is 0 Å². The molecule has 0 radical (unpaired) electrons. The Bertz CT molecular complexity index is 370. The number of carbonyl (C=O) groups is 2. The van der Waals surface area contributed by atoms with E-state index in [1.54, 1.807) is 6.08 Å². The van der Waals surface area contributed by atoms with Crippen LogP contribution in [0.15, 0.2) is 35.5 Å². The third-order valence-corrected chi connectivity index (χ3v) is 2.39. The molecule has 0 aromatic heterocycles. The third kappa shape index (κ3) is 1.28. The molecular formula is C11H10O2. The highest BCUT2D eigenvalue weighted by molar-refractivity contribution is 6.21. The second-order valence-corrected chi connectivity index (χ2v) is 3.49. The Hall–Kier alpha value is -1.44. The van der Waals surface area contributed by atoms with Crippen LogP contribution in [-0.4, -0.2) is 11.6 Å². The summed E-state index contributed by atoms with van der Waals surface area (Å²) in [7, 11) is 0. The van der Waals surface area contributed by atoms with Crippen LogP contribution in [0.3, 0.4) is 0 Å². The maximum atomic E-state index is 11.4. The molecule has 1 unspecified atom stereocenters. The summed E-state index contributed by atoms with van der Waals surface area (Å²) in [6.07, 6.45) is 7.16. The molecule has 2 aliphatic rings. The summed E-state index contributed by atoms with van der Waals surface area (Å²) in [5, 5.41) is 0. The van der Waals surface area contributed by atoms with E-state index >= 15 is 0 Å². The second kappa shape index (κ2) is 2.80. The molecule has 0 aromatic rings. The minimum Gasteiger partial charge on any atom is -0.290 e. The fraction of sp³-hybridized carbons (Fsp3) is 0.273. The highest BCUT2D eigenvalue weighted by Gasteiger charge is 2.24. The van der Waals surface area contributed by atoms with E-state index in [9.17, 15) is 9.59 Å². The Balaban J connectivity index is 2.46. The first kappa shape index (κ1) is 8.17. The van der Waals surface area contributed by atoms with Crippen molar-refractivity contribution >= 4 is 11.6 Å². The van der Waals surface area contributed by atoms with E-state index in [1.165, 1.54) is 12.2 Å². The monoisotopic (exact) mass is 174 g/mol. The molecule has 13 heavy (non-hydrogen) atoms. The van der Waals surface area contributed by atoms with Crippen molar-refractivity contribution < 1.29 is 9.59 Å². The SMILES string of the molecule is CC1C=CC2=C(C1)C(=O)C=CC2=O. The number of ketones is 2. The van der Waals surface area contributed by atoms with Crippen LogP contribution < -0.4 is 0 Å². The van der Waals surface area contributed by atoms with Gasteiger partial charge >= 0.3 is 0 Å². The standard InChI is InChI=1S/C11H10O2/c1-7-2-3-8-9(6-7)11(13)5-4-10(8)12/h2-5,7H,6H2,1H3. The molecule has 0 aliphatic heterocycles. The lowest BCUT2D eigenvalue weighted by molar-refractivity contribution is -0.115. The molecule has 2 heteroatoms. The average Bonchev–Trinajstić information content (AvgIpc) is 2.12. The highest BCUT2D eigenvalue weighted by Crippen LogP contribution is 2.27. The van der Waals surface area contributed by atoms with Crippen LogP contribution in [0.5, 0.6) is 0 Å². The van der Waals surface area contributed by atoms with Crippen molar-refractivity contribution in [2.75, 3.05) is 0 Å². The molecule has 2 aliphatic carbocycles. The average molecular weight is 174 g/mol. The van der Waals surface area contributed by atoms with Crippen LogP contribution in [0, 0.1) is 5.92 Å². The van der Waals surface area contributed by atoms with Gasteiger partial charge < -0.3 is 0 Å². The Labute approximate surface area is 76.6 Å². The molecule has 66 valence electrons. The van der Waals surface area contributed by atoms with Gasteiger partial charge in [-0.1, -0.05) is 19.1 Å². The van der Waals surface area contributed by atoms with Crippen LogP contribution in [0.2, 0.25) is 0 Å². The van der Waals surface area contributed by atoms with Crippen molar-refractivity contribution in [1.82, 2.24) is 0 Å². The molecule has 1 atom stereocenters. The highest BCUT2D eigenvalue weighted by atomic mass is 16.1. The molecule has 0 N–H and O–H groups in total. The van der Waals surface area contributed by atoms with E-state index in [1.807, 2.05) is 13.0 Å². The van der Waals surface area contributed by atoms with E-state index in [0.717, 1.165) is 0 Å². The molecule has 2 nitrogen and oxygen atoms in total. The molecular weight excluding hydrogens is 164 g/mol. The number of rotatable bonds is 0. The zero-order valence-electron chi connectivity index (χ0n) is 7.41. The van der Waals surface area contributed by atoms with Crippen molar-refractivity contribution in [3.05, 3.63) is 35.5 Å². The molecule has 0 spiro atoms. The summed E-state index contributed by atoms with van der Waals surface area (Å²) in [6, 6.07) is 0. The van der Waals surface area contributed by atoms with Gasteiger partial charge in [-0.05, 0) is 24.5 Å². The Morgan fingerprint density at radius 2 is 1.85 bits per heavy atom. The molecule has 0 heterocycles. The predicted octanol–water partition coefficient (Wildman–Crippen LogP) is 1.59. The van der Waals surface area contributed by atoms with E-state index in [2.05, 4.69) is 0 Å². The normalized spacial score (nSPS) is 26.7. The first-order valence-electron chi connectivity index (χ1n) is 4.36. The van der Waals surface area contributed by atoms with Crippen molar-refractivity contribution in [2.45, 2.75) is 13.3 Å². The quantitative estimate of drug-likeness (QED) is 0.522. The van der Waals surface area contributed by atoms with Crippen LogP contribution in [0.4, 0.5) is 0 Å². The third-order valence-electron chi connectivity index (χ3n) is 2.39. The summed E-state index contributed by atoms with van der Waals surface area (Å²) in [5.74, 6) is 0.311. The van der Waals surface area contributed by atoms with Crippen LogP contribution in [0.25, 0.3) is 0 Å². The molecule has 2 rings (SSSR count). The first-order valence-corrected chi connectivity index (χ1v) is 4.36. The number of allylic oxidation sites excluding steroid dienone is 6. The maximum Gasteiger partial charge on any atom is 0.186 e. The van der Waals surface area contributed by atoms with Gasteiger partial charge in [-0.2, -0.15) is 0 Å². The van der Waals surface area contributed by atoms with Gasteiger partial charge in [0.25, 0.3) is 0 Å². The Kier molecular flexibility index (Phi) is 1.76.